The van der Waals surface area contributed by atoms with Gasteiger partial charge in [-0.2, -0.15) is 22.0 Å². The molecule has 36 heavy (non-hydrogen) atoms. The minimum atomic E-state index is -0.579. The van der Waals surface area contributed by atoms with Crippen LogP contribution in [0.2, 0.25) is 0 Å². The van der Waals surface area contributed by atoms with Gasteiger partial charge in [0.1, 0.15) is 5.69 Å². The number of thioether (sulfide) groups is 1. The molecule has 0 bridgehead atoms. The van der Waals surface area contributed by atoms with Crippen LogP contribution in [-0.2, 0) is 4.74 Å². The van der Waals surface area contributed by atoms with Gasteiger partial charge in [-0.25, -0.2) is 0 Å². The second-order valence-corrected chi connectivity index (χ2v) is 10.7. The van der Waals surface area contributed by atoms with E-state index in [9.17, 15) is 4.79 Å². The number of aryl methyl sites for hydroxylation is 2. The number of hydrogen-bond donors (Lipinski definition) is 3. The first-order valence-corrected chi connectivity index (χ1v) is 14.2. The summed E-state index contributed by atoms with van der Waals surface area (Å²) in [6, 6.07) is 9.97. The molecule has 1 amide bonds. The van der Waals surface area contributed by atoms with Crippen LogP contribution >= 0.6 is 11.8 Å². The molecule has 1 atom stereocenters. The molecule has 1 fully saturated rings. The summed E-state index contributed by atoms with van der Waals surface area (Å²) in [6.07, 6.45) is 8.42. The quantitative estimate of drug-likeness (QED) is 0.229. The van der Waals surface area contributed by atoms with Gasteiger partial charge in [0.15, 0.2) is 0 Å². The fourth-order valence-electron chi connectivity index (χ4n) is 4.82. The van der Waals surface area contributed by atoms with Crippen LogP contribution in [0.3, 0.4) is 0 Å². The highest BCUT2D eigenvalue weighted by atomic mass is 32.2. The summed E-state index contributed by atoms with van der Waals surface area (Å²) < 4.78 is 6.63. The molecule has 9 heteroatoms. The average Bonchev–Trinajstić information content (AvgIpc) is 3.53. The second kappa shape index (κ2) is 12.5. The topological polar surface area (TPSA) is 98.9 Å². The number of aromatic nitrogens is 4. The third kappa shape index (κ3) is 6.50. The zero-order chi connectivity index (χ0) is 25.5. The largest absolute Gasteiger partial charge is 0.343 e. The fraction of sp³-hybridized carbons (Fsp3) is 0.519. The highest BCUT2D eigenvalue weighted by Crippen LogP contribution is 2.29. The van der Waals surface area contributed by atoms with E-state index >= 15 is 0 Å². The molecule has 0 unspecified atom stereocenters. The number of carbonyl (C=O) groups is 1. The maximum atomic E-state index is 13.5. The fourth-order valence-corrected chi connectivity index (χ4v) is 5.24. The molecule has 2 aromatic heterocycles. The number of anilines is 1. The van der Waals surface area contributed by atoms with Gasteiger partial charge in [0.05, 0.1) is 11.8 Å². The van der Waals surface area contributed by atoms with Crippen molar-refractivity contribution in [1.29, 1.82) is 0 Å². The second-order valence-electron chi connectivity index (χ2n) is 9.72. The molecule has 194 valence electrons. The molecule has 0 saturated heterocycles. The van der Waals surface area contributed by atoms with Gasteiger partial charge >= 0.3 is 0 Å². The molecule has 1 aromatic carbocycles. The summed E-state index contributed by atoms with van der Waals surface area (Å²) in [5.74, 6) is 1.58. The highest BCUT2D eigenvalue weighted by Gasteiger charge is 2.30. The maximum Gasteiger partial charge on any atom is 0.275 e. The number of nitrogens with one attached hydrogen (secondary N) is 3. The summed E-state index contributed by atoms with van der Waals surface area (Å²) in [5, 5.41) is 17.7. The Morgan fingerprint density at radius 1 is 1.17 bits per heavy atom. The van der Waals surface area contributed by atoms with Gasteiger partial charge in [-0.1, -0.05) is 19.1 Å². The molecule has 3 N–H and O–H groups in total. The molecule has 4 rings (SSSR count). The Bertz CT molecular complexity index is 1070. The third-order valence-electron chi connectivity index (χ3n) is 6.90. The van der Waals surface area contributed by atoms with E-state index in [4.69, 9.17) is 4.74 Å². The summed E-state index contributed by atoms with van der Waals surface area (Å²) in [5.41, 5.74) is 5.62. The number of aromatic amines is 2. The Balaban J connectivity index is 1.58. The summed E-state index contributed by atoms with van der Waals surface area (Å²) in [4.78, 5) is 15.3. The first kappa shape index (κ1) is 26.3. The first-order valence-electron chi connectivity index (χ1n) is 12.8. The Morgan fingerprint density at radius 2 is 1.92 bits per heavy atom. The first-order chi connectivity index (χ1) is 17.5. The van der Waals surface area contributed by atoms with Crippen molar-refractivity contribution in [2.45, 2.75) is 65.3 Å². The number of ether oxygens (including phenoxy) is 1. The highest BCUT2D eigenvalue weighted by molar-refractivity contribution is 7.98. The molecule has 2 heterocycles. The van der Waals surface area contributed by atoms with E-state index in [2.05, 4.69) is 51.0 Å². The van der Waals surface area contributed by atoms with Gasteiger partial charge in [0, 0.05) is 29.7 Å². The van der Waals surface area contributed by atoms with Gasteiger partial charge < -0.3 is 10.1 Å². The lowest BCUT2D eigenvalue weighted by Gasteiger charge is -2.37. The molecule has 0 aliphatic heterocycles. The van der Waals surface area contributed by atoms with Crippen LogP contribution in [0.1, 0.15) is 60.9 Å². The van der Waals surface area contributed by atoms with Gasteiger partial charge in [-0.3, -0.25) is 19.9 Å². The third-order valence-corrected chi connectivity index (χ3v) is 7.60. The van der Waals surface area contributed by atoms with Crippen LogP contribution in [0.25, 0.3) is 11.1 Å². The Hall–Kier alpha value is -2.78. The Labute approximate surface area is 218 Å². The molecular weight excluding hydrogens is 472 g/mol. The number of hydrogen-bond acceptors (Lipinski definition) is 6. The predicted molar refractivity (Wildman–Crippen MR) is 146 cm³/mol. The Morgan fingerprint density at radius 3 is 2.53 bits per heavy atom. The van der Waals surface area contributed by atoms with Crippen molar-refractivity contribution in [1.82, 2.24) is 25.3 Å². The number of amides is 1. The van der Waals surface area contributed by atoms with Gasteiger partial charge in [-0.15, -0.1) is 0 Å². The van der Waals surface area contributed by atoms with Crippen molar-refractivity contribution in [3.8, 4) is 11.1 Å². The number of carbonyl (C=O) groups excluding carboxylic acids is 1. The van der Waals surface area contributed by atoms with Crippen LogP contribution < -0.4 is 5.32 Å². The van der Waals surface area contributed by atoms with E-state index in [0.717, 1.165) is 72.0 Å². The van der Waals surface area contributed by atoms with Crippen molar-refractivity contribution in [2.75, 3.05) is 23.9 Å². The normalized spacial score (nSPS) is 18.7. The molecule has 3 aromatic rings. The average molecular weight is 511 g/mol. The molecule has 1 saturated carbocycles. The molecule has 1 aliphatic carbocycles. The van der Waals surface area contributed by atoms with Crippen molar-refractivity contribution < 1.29 is 9.53 Å². The monoisotopic (exact) mass is 510 g/mol. The molecule has 1 aliphatic rings. The van der Waals surface area contributed by atoms with Crippen molar-refractivity contribution in [3.63, 3.8) is 0 Å². The predicted octanol–water partition coefficient (Wildman–Crippen LogP) is 5.60. The van der Waals surface area contributed by atoms with Crippen LogP contribution in [0.15, 0.2) is 36.5 Å². The van der Waals surface area contributed by atoms with Gasteiger partial charge in [-0.05, 0) is 87.6 Å². The Kier molecular flexibility index (Phi) is 9.09. The summed E-state index contributed by atoms with van der Waals surface area (Å²) in [7, 11) is 0. The minimum absolute atomic E-state index is 0.114. The maximum absolute atomic E-state index is 13.5. The van der Waals surface area contributed by atoms with Crippen molar-refractivity contribution in [2.24, 2.45) is 5.92 Å². The number of rotatable bonds is 11. The summed E-state index contributed by atoms with van der Waals surface area (Å²) in [6.45, 7) is 6.93. The minimum Gasteiger partial charge on any atom is -0.343 e. The lowest BCUT2D eigenvalue weighted by molar-refractivity contribution is -0.0843. The molecule has 8 nitrogen and oxygen atoms in total. The SMILES string of the molecule is CSCCCN(C(=O)c1ccn[nH]1)[C@H](Nc1ccc(-c2c(C)n[nH]c2C)cc1)OC1CCC(C)CC1. The molecule has 0 radical (unpaired) electrons. The number of H-pyrrole nitrogens is 2. The van der Waals surface area contributed by atoms with E-state index in [0.29, 0.717) is 12.2 Å². The van der Waals surface area contributed by atoms with Crippen LogP contribution in [0, 0.1) is 19.8 Å². The molecule has 0 spiro atoms. The smallest absolute Gasteiger partial charge is 0.275 e. The van der Waals surface area contributed by atoms with Crippen LogP contribution in [-0.4, -0.2) is 62.2 Å². The van der Waals surface area contributed by atoms with E-state index in [-0.39, 0.29) is 12.0 Å². The standard InChI is InChI=1S/C27H38N6O2S/c1-18-6-12-23(13-7-18)35-27(33(16-5-17-36-4)26(34)24-14-15-28-32-24)29-22-10-8-21(9-11-22)25-19(2)30-31-20(25)3/h8-11,14-15,18,23,27,29H,5-7,12-13,16-17H2,1-4H3,(H,28,32)(H,30,31)/t18?,23?,27-/m0/s1. The van der Waals surface area contributed by atoms with Crippen molar-refractivity contribution in [3.05, 3.63) is 53.6 Å². The lowest BCUT2D eigenvalue weighted by Crippen LogP contribution is -2.49. The van der Waals surface area contributed by atoms with E-state index in [1.54, 1.807) is 28.9 Å². The zero-order valence-electron chi connectivity index (χ0n) is 21.7. The van der Waals surface area contributed by atoms with Gasteiger partial charge in [0.25, 0.3) is 5.91 Å². The van der Waals surface area contributed by atoms with Crippen LogP contribution in [0.4, 0.5) is 5.69 Å². The summed E-state index contributed by atoms with van der Waals surface area (Å²) >= 11 is 1.78. The lowest BCUT2D eigenvalue weighted by atomic mass is 9.89. The molecular formula is C27H38N6O2S. The zero-order valence-corrected chi connectivity index (χ0v) is 22.5. The number of benzene rings is 1. The van der Waals surface area contributed by atoms with Gasteiger partial charge in [0.2, 0.25) is 6.35 Å². The van der Waals surface area contributed by atoms with E-state index < -0.39 is 6.35 Å². The van der Waals surface area contributed by atoms with Crippen LogP contribution in [0.5, 0.6) is 0 Å². The number of nitrogens with zero attached hydrogens (tertiary/aromatic N) is 3. The van der Waals surface area contributed by atoms with E-state index in [1.165, 1.54) is 0 Å². The van der Waals surface area contributed by atoms with E-state index in [1.807, 2.05) is 26.0 Å². The van der Waals surface area contributed by atoms with Crippen molar-refractivity contribution >= 4 is 23.4 Å².